The number of benzene rings is 1. The van der Waals surface area contributed by atoms with Gasteiger partial charge in [-0.2, -0.15) is 0 Å². The van der Waals surface area contributed by atoms with E-state index in [0.29, 0.717) is 29.4 Å². The minimum absolute atomic E-state index is 0.0295. The number of rotatable bonds is 9. The van der Waals surface area contributed by atoms with Gasteiger partial charge < -0.3 is 16.4 Å². The number of anilines is 2. The second-order valence-electron chi connectivity index (χ2n) is 8.98. The van der Waals surface area contributed by atoms with E-state index in [9.17, 15) is 4.79 Å². The van der Waals surface area contributed by atoms with Crippen LogP contribution in [0.15, 0.2) is 60.2 Å². The first kappa shape index (κ1) is 23.8. The fourth-order valence-electron chi connectivity index (χ4n) is 3.43. The molecule has 0 aliphatic heterocycles. The molecule has 0 aliphatic rings. The largest absolute Gasteiger partial charge is 0.367 e. The molecule has 0 aliphatic carbocycles. The summed E-state index contributed by atoms with van der Waals surface area (Å²) in [6.45, 7) is 6.44. The number of nitrogens with two attached hydrogens (primary N) is 1. The predicted molar refractivity (Wildman–Crippen MR) is 140 cm³/mol. The van der Waals surface area contributed by atoms with Crippen molar-refractivity contribution in [3.63, 3.8) is 0 Å². The van der Waals surface area contributed by atoms with E-state index in [1.807, 2.05) is 56.5 Å². The van der Waals surface area contributed by atoms with Gasteiger partial charge in [0.1, 0.15) is 11.3 Å². The second kappa shape index (κ2) is 10.3. The van der Waals surface area contributed by atoms with E-state index in [1.165, 1.54) is 16.9 Å². The Hall–Kier alpha value is -3.36. The molecule has 1 unspecified atom stereocenters. The molecule has 176 valence electrons. The molecule has 0 spiro atoms. The van der Waals surface area contributed by atoms with E-state index in [1.54, 1.807) is 12.4 Å². The van der Waals surface area contributed by atoms with Crippen molar-refractivity contribution in [2.24, 2.45) is 11.1 Å². The smallest absolute Gasteiger partial charge is 0.230 e. The average Bonchev–Trinajstić information content (AvgIpc) is 3.26. The lowest BCUT2D eigenvalue weighted by Crippen LogP contribution is -2.31. The molecule has 0 saturated heterocycles. The molecule has 3 heterocycles. The summed E-state index contributed by atoms with van der Waals surface area (Å²) in [5, 5.41) is 8.43. The molecule has 1 aromatic carbocycles. The van der Waals surface area contributed by atoms with Gasteiger partial charge in [0.05, 0.1) is 10.4 Å². The first-order chi connectivity index (χ1) is 16.4. The third kappa shape index (κ3) is 5.40. The van der Waals surface area contributed by atoms with Crippen molar-refractivity contribution < 1.29 is 4.79 Å². The molecule has 7 nitrogen and oxygen atoms in total. The molecule has 3 aromatic heterocycles. The monoisotopic (exact) mass is 474 g/mol. The number of hydrogen-bond acceptors (Lipinski definition) is 7. The van der Waals surface area contributed by atoms with Gasteiger partial charge in [0.15, 0.2) is 5.82 Å². The van der Waals surface area contributed by atoms with E-state index in [2.05, 4.69) is 27.8 Å². The summed E-state index contributed by atoms with van der Waals surface area (Å²) in [6.07, 6.45) is 4.93. The van der Waals surface area contributed by atoms with Crippen molar-refractivity contribution in [1.82, 2.24) is 15.0 Å². The Morgan fingerprint density at radius 3 is 2.56 bits per heavy atom. The maximum absolute atomic E-state index is 12.8. The molecule has 0 saturated carbocycles. The molecule has 4 aromatic rings. The van der Waals surface area contributed by atoms with Crippen LogP contribution in [-0.4, -0.2) is 33.4 Å². The Kier molecular flexibility index (Phi) is 7.19. The summed E-state index contributed by atoms with van der Waals surface area (Å²) < 4.78 is 0.884. The third-order valence-corrected chi connectivity index (χ3v) is 6.95. The minimum Gasteiger partial charge on any atom is -0.367 e. The number of pyridine rings is 1. The molecule has 0 radical (unpaired) electrons. The number of carbonyl (C=O) groups is 1. The van der Waals surface area contributed by atoms with Gasteiger partial charge in [0, 0.05) is 41.3 Å². The van der Waals surface area contributed by atoms with E-state index in [0.717, 1.165) is 23.1 Å². The molecule has 1 atom stereocenters. The number of nitrogens with one attached hydrogen (secondary N) is 2. The van der Waals surface area contributed by atoms with Gasteiger partial charge in [-0.3, -0.25) is 9.78 Å². The number of fused-ring (bicyclic) bond motifs is 1. The lowest BCUT2D eigenvalue weighted by molar-refractivity contribution is -0.124. The number of amides is 1. The van der Waals surface area contributed by atoms with Gasteiger partial charge in [-0.15, -0.1) is 11.3 Å². The van der Waals surface area contributed by atoms with Crippen LogP contribution in [0.25, 0.3) is 21.6 Å². The van der Waals surface area contributed by atoms with Crippen LogP contribution in [-0.2, 0) is 11.2 Å². The molecule has 1 amide bonds. The fourth-order valence-corrected chi connectivity index (χ4v) is 4.33. The minimum atomic E-state index is -0.472. The van der Waals surface area contributed by atoms with Gasteiger partial charge in [0.2, 0.25) is 5.91 Å². The van der Waals surface area contributed by atoms with Crippen LogP contribution < -0.4 is 16.4 Å². The van der Waals surface area contributed by atoms with Crippen LogP contribution in [0.3, 0.4) is 0 Å². The summed E-state index contributed by atoms with van der Waals surface area (Å²) >= 11 is 1.50. The highest BCUT2D eigenvalue weighted by molar-refractivity contribution is 7.18. The van der Waals surface area contributed by atoms with Crippen LogP contribution in [0.4, 0.5) is 11.5 Å². The van der Waals surface area contributed by atoms with E-state index in [4.69, 9.17) is 15.7 Å². The maximum Gasteiger partial charge on any atom is 0.230 e. The van der Waals surface area contributed by atoms with E-state index in [-0.39, 0.29) is 11.9 Å². The summed E-state index contributed by atoms with van der Waals surface area (Å²) in [6, 6.07) is 13.9. The lowest BCUT2D eigenvalue weighted by Gasteiger charge is -2.21. The highest BCUT2D eigenvalue weighted by Crippen LogP contribution is 2.36. The number of hydrogen-bond donors (Lipinski definition) is 3. The van der Waals surface area contributed by atoms with Crippen LogP contribution in [0.2, 0.25) is 0 Å². The Balaban J connectivity index is 1.64. The van der Waals surface area contributed by atoms with Gasteiger partial charge in [-0.25, -0.2) is 9.97 Å². The quantitative estimate of drug-likeness (QED) is 0.311. The molecule has 4 N–H and O–H groups in total. The topological polar surface area (TPSA) is 106 Å². The van der Waals surface area contributed by atoms with Gasteiger partial charge in [0.25, 0.3) is 0 Å². The SMILES string of the molecule is CCC(C)(C)C(=O)Nc1csc2c(NCC(N)Cc3ccccc3)nc(-c3ccncc3)nc12. The van der Waals surface area contributed by atoms with E-state index < -0.39 is 5.41 Å². The number of aromatic nitrogens is 3. The molecule has 0 fully saturated rings. The lowest BCUT2D eigenvalue weighted by atomic mass is 9.89. The zero-order chi connectivity index (χ0) is 24.1. The number of thiophene rings is 1. The van der Waals surface area contributed by atoms with Crippen molar-refractivity contribution in [3.8, 4) is 11.4 Å². The zero-order valence-electron chi connectivity index (χ0n) is 19.7. The van der Waals surface area contributed by atoms with Crippen LogP contribution >= 0.6 is 11.3 Å². The predicted octanol–water partition coefficient (Wildman–Crippen LogP) is 5.11. The van der Waals surface area contributed by atoms with Crippen LogP contribution in [0, 0.1) is 5.41 Å². The second-order valence-corrected chi connectivity index (χ2v) is 9.86. The number of carbonyl (C=O) groups excluding carboxylic acids is 1. The summed E-state index contributed by atoms with van der Waals surface area (Å²) in [7, 11) is 0. The zero-order valence-corrected chi connectivity index (χ0v) is 20.5. The molecule has 34 heavy (non-hydrogen) atoms. The van der Waals surface area contributed by atoms with Crippen molar-refractivity contribution in [2.75, 3.05) is 17.2 Å². The van der Waals surface area contributed by atoms with Crippen LogP contribution in [0.5, 0.6) is 0 Å². The Bertz CT molecular complexity index is 1260. The Labute approximate surface area is 203 Å². The number of nitrogens with zero attached hydrogens (tertiary/aromatic N) is 3. The summed E-state index contributed by atoms with van der Waals surface area (Å²) in [4.78, 5) is 26.5. The van der Waals surface area contributed by atoms with Gasteiger partial charge in [-0.05, 0) is 30.5 Å². The summed E-state index contributed by atoms with van der Waals surface area (Å²) in [5.41, 5.74) is 9.40. The Morgan fingerprint density at radius 1 is 1.12 bits per heavy atom. The highest BCUT2D eigenvalue weighted by Gasteiger charge is 2.26. The summed E-state index contributed by atoms with van der Waals surface area (Å²) in [5.74, 6) is 1.25. The normalized spacial score (nSPS) is 12.5. The molecule has 4 rings (SSSR count). The standard InChI is InChI=1S/C26H30N6OS/c1-4-26(2,3)25(33)30-20-16-34-22-21(20)31-23(18-10-12-28-13-11-18)32-24(22)29-15-19(27)14-17-8-6-5-7-9-17/h5-13,16,19H,4,14-15,27H2,1-3H3,(H,30,33)(H,29,31,32). The van der Waals surface area contributed by atoms with Crippen LogP contribution in [0.1, 0.15) is 32.8 Å². The van der Waals surface area contributed by atoms with Gasteiger partial charge in [-0.1, -0.05) is 51.1 Å². The van der Waals surface area contributed by atoms with Crippen molar-refractivity contribution in [2.45, 2.75) is 39.7 Å². The highest BCUT2D eigenvalue weighted by atomic mass is 32.1. The van der Waals surface area contributed by atoms with E-state index >= 15 is 0 Å². The Morgan fingerprint density at radius 2 is 1.85 bits per heavy atom. The molecular weight excluding hydrogens is 444 g/mol. The van der Waals surface area contributed by atoms with Crippen molar-refractivity contribution in [1.29, 1.82) is 0 Å². The fraction of sp³-hybridized carbons (Fsp3) is 0.308. The maximum atomic E-state index is 12.8. The van der Waals surface area contributed by atoms with Crippen molar-refractivity contribution >= 4 is 39.0 Å². The molecular formula is C26H30N6OS. The first-order valence-electron chi connectivity index (χ1n) is 11.4. The molecule has 0 bridgehead atoms. The average molecular weight is 475 g/mol. The first-order valence-corrected chi connectivity index (χ1v) is 12.3. The van der Waals surface area contributed by atoms with Crippen molar-refractivity contribution in [3.05, 3.63) is 65.8 Å². The van der Waals surface area contributed by atoms with Gasteiger partial charge >= 0.3 is 0 Å². The third-order valence-electron chi connectivity index (χ3n) is 5.97. The molecule has 8 heteroatoms.